The van der Waals surface area contributed by atoms with E-state index in [-0.39, 0.29) is 5.91 Å². The highest BCUT2D eigenvalue weighted by molar-refractivity contribution is 7.98. The molecule has 0 saturated carbocycles. The maximum atomic E-state index is 12.6. The summed E-state index contributed by atoms with van der Waals surface area (Å²) in [6.45, 7) is 2.08. The second-order valence-corrected chi connectivity index (χ2v) is 9.35. The smallest absolute Gasteiger partial charge is 0.291 e. The summed E-state index contributed by atoms with van der Waals surface area (Å²) in [5.74, 6) is 1.46. The molecule has 2 aromatic carbocycles. The number of amides is 1. The number of furan rings is 1. The number of anilines is 2. The third kappa shape index (κ3) is 5.64. The number of carbonyl (C=O) groups excluding carboxylic acids is 1. The average Bonchev–Trinajstić information content (AvgIpc) is 3.44. The minimum absolute atomic E-state index is 0.246. The molecule has 1 N–H and O–H groups in total. The third-order valence-corrected chi connectivity index (χ3v) is 6.75. The van der Waals surface area contributed by atoms with E-state index in [2.05, 4.69) is 41.3 Å². The Kier molecular flexibility index (Phi) is 6.90. The number of nitrogens with one attached hydrogen (secondary N) is 1. The lowest BCUT2D eigenvalue weighted by Gasteiger charge is -2.22. The van der Waals surface area contributed by atoms with E-state index < -0.39 is 0 Å². The minimum atomic E-state index is -0.246. The Morgan fingerprint density at radius 2 is 1.87 bits per heavy atom. The van der Waals surface area contributed by atoms with Crippen molar-refractivity contribution in [1.29, 1.82) is 0 Å². The summed E-state index contributed by atoms with van der Waals surface area (Å²) in [5.41, 5.74) is 1.94. The molecule has 1 fully saturated rings. The maximum absolute atomic E-state index is 12.6. The first-order valence-corrected chi connectivity index (χ1v) is 11.6. The number of likely N-dealkylation sites (N-methyl/N-ethyl adjacent to an activating group) is 1. The van der Waals surface area contributed by atoms with Crippen LogP contribution in [0.5, 0.6) is 0 Å². The Balaban J connectivity index is 1.31. The molecule has 1 aliphatic rings. The zero-order chi connectivity index (χ0) is 21.8. The van der Waals surface area contributed by atoms with Crippen LogP contribution in [0.15, 0.2) is 70.0 Å². The van der Waals surface area contributed by atoms with Crippen molar-refractivity contribution >= 4 is 40.6 Å². The molecular formula is C24H26ClN3O2S. The number of hydrogen-bond acceptors (Lipinski definition) is 5. The average molecular weight is 456 g/mol. The molecule has 5 nitrogen and oxygen atoms in total. The van der Waals surface area contributed by atoms with Gasteiger partial charge in [-0.1, -0.05) is 11.6 Å². The van der Waals surface area contributed by atoms with Crippen molar-refractivity contribution in [3.63, 3.8) is 0 Å². The molecule has 31 heavy (non-hydrogen) atoms. The Hall–Kier alpha value is -2.41. The summed E-state index contributed by atoms with van der Waals surface area (Å²) in [4.78, 5) is 18.3. The van der Waals surface area contributed by atoms with E-state index >= 15 is 0 Å². The molecule has 0 aliphatic carbocycles. The normalized spacial score (nSPS) is 16.1. The summed E-state index contributed by atoms with van der Waals surface area (Å²) in [6.07, 6.45) is 1.17. The fourth-order valence-corrected chi connectivity index (χ4v) is 4.53. The van der Waals surface area contributed by atoms with E-state index in [1.807, 2.05) is 42.5 Å². The van der Waals surface area contributed by atoms with Crippen molar-refractivity contribution in [1.82, 2.24) is 4.90 Å². The first-order valence-electron chi connectivity index (χ1n) is 10.3. The summed E-state index contributed by atoms with van der Waals surface area (Å²) in [5, 5.41) is 3.63. The molecule has 0 radical (unpaired) electrons. The van der Waals surface area contributed by atoms with Gasteiger partial charge in [-0.05, 0) is 81.2 Å². The summed E-state index contributed by atoms with van der Waals surface area (Å²) in [7, 11) is 4.26. The van der Waals surface area contributed by atoms with E-state index in [1.165, 1.54) is 12.1 Å². The van der Waals surface area contributed by atoms with Crippen molar-refractivity contribution in [2.24, 2.45) is 0 Å². The van der Waals surface area contributed by atoms with Gasteiger partial charge in [0.15, 0.2) is 5.76 Å². The van der Waals surface area contributed by atoms with Gasteiger partial charge in [0.1, 0.15) is 5.76 Å². The summed E-state index contributed by atoms with van der Waals surface area (Å²) >= 11 is 7.55. The largest absolute Gasteiger partial charge is 0.455 e. The predicted octanol–water partition coefficient (Wildman–Crippen LogP) is 5.62. The Morgan fingerprint density at radius 1 is 1.13 bits per heavy atom. The van der Waals surface area contributed by atoms with Crippen molar-refractivity contribution in [3.05, 3.63) is 77.2 Å². The van der Waals surface area contributed by atoms with Gasteiger partial charge in [-0.2, -0.15) is 0 Å². The lowest BCUT2D eigenvalue weighted by molar-refractivity contribution is 0.0995. The van der Waals surface area contributed by atoms with Gasteiger partial charge in [0.25, 0.3) is 5.91 Å². The Bertz CT molecular complexity index is 1020. The van der Waals surface area contributed by atoms with Gasteiger partial charge in [-0.15, -0.1) is 11.8 Å². The number of hydrogen-bond donors (Lipinski definition) is 1. The van der Waals surface area contributed by atoms with E-state index in [0.29, 0.717) is 22.6 Å². The SMILES string of the molecule is CN(C)C1CCN(c2ccc(NC(=O)c3ccc(CSc4ccc(Cl)cc4)o3)cc2)C1. The number of benzene rings is 2. The summed E-state index contributed by atoms with van der Waals surface area (Å²) < 4.78 is 5.73. The van der Waals surface area contributed by atoms with Crippen LogP contribution in [0.1, 0.15) is 22.7 Å². The van der Waals surface area contributed by atoms with Crippen molar-refractivity contribution in [2.45, 2.75) is 23.1 Å². The van der Waals surface area contributed by atoms with Gasteiger partial charge in [-0.25, -0.2) is 0 Å². The van der Waals surface area contributed by atoms with E-state index in [4.69, 9.17) is 16.0 Å². The second-order valence-electron chi connectivity index (χ2n) is 7.86. The van der Waals surface area contributed by atoms with Crippen molar-refractivity contribution in [3.8, 4) is 0 Å². The van der Waals surface area contributed by atoms with Crippen LogP contribution in [-0.4, -0.2) is 44.0 Å². The Morgan fingerprint density at radius 3 is 2.55 bits per heavy atom. The molecule has 1 aliphatic heterocycles. The number of halogens is 1. The molecule has 162 valence electrons. The highest BCUT2D eigenvalue weighted by atomic mass is 35.5. The Labute approximate surface area is 192 Å². The van der Waals surface area contributed by atoms with Crippen LogP contribution in [0.2, 0.25) is 5.02 Å². The monoisotopic (exact) mass is 455 g/mol. The molecule has 1 aromatic heterocycles. The number of carbonyl (C=O) groups is 1. The van der Waals surface area contributed by atoms with Gasteiger partial charge in [0.05, 0.1) is 5.75 Å². The van der Waals surface area contributed by atoms with Crippen LogP contribution in [0.4, 0.5) is 11.4 Å². The van der Waals surface area contributed by atoms with Crippen LogP contribution in [0.25, 0.3) is 0 Å². The molecule has 4 rings (SSSR count). The van der Waals surface area contributed by atoms with Gasteiger partial charge < -0.3 is 19.5 Å². The zero-order valence-corrected chi connectivity index (χ0v) is 19.2. The third-order valence-electron chi connectivity index (χ3n) is 5.46. The van der Waals surface area contributed by atoms with Crippen molar-refractivity contribution < 1.29 is 9.21 Å². The first-order chi connectivity index (χ1) is 15.0. The molecule has 1 amide bonds. The van der Waals surface area contributed by atoms with Crippen LogP contribution in [-0.2, 0) is 5.75 Å². The van der Waals surface area contributed by atoms with Crippen LogP contribution < -0.4 is 10.2 Å². The molecule has 1 atom stereocenters. The quantitative estimate of drug-likeness (QED) is 0.468. The fourth-order valence-electron chi connectivity index (χ4n) is 3.61. The number of rotatable bonds is 7. The van der Waals surface area contributed by atoms with Gasteiger partial charge in [0, 0.05) is 40.4 Å². The first kappa shape index (κ1) is 21.8. The molecule has 3 aromatic rings. The highest BCUT2D eigenvalue weighted by Gasteiger charge is 2.24. The molecule has 0 spiro atoms. The standard InChI is InChI=1S/C24H26ClN3O2S/c1-27(2)20-13-14-28(15-20)19-7-5-18(6-8-19)26-24(29)23-12-9-21(30-23)16-31-22-10-3-17(25)4-11-22/h3-12,20H,13-16H2,1-2H3,(H,26,29). The van der Waals surface area contributed by atoms with Crippen LogP contribution in [0, 0.1) is 0 Å². The van der Waals surface area contributed by atoms with E-state index in [0.717, 1.165) is 29.4 Å². The molecule has 0 bridgehead atoms. The van der Waals surface area contributed by atoms with E-state index in [1.54, 1.807) is 17.8 Å². The van der Waals surface area contributed by atoms with E-state index in [9.17, 15) is 4.79 Å². The van der Waals surface area contributed by atoms with Gasteiger partial charge in [0.2, 0.25) is 0 Å². The fraction of sp³-hybridized carbons (Fsp3) is 0.292. The molecule has 1 saturated heterocycles. The highest BCUT2D eigenvalue weighted by Crippen LogP contribution is 2.26. The van der Waals surface area contributed by atoms with Gasteiger partial charge in [-0.3, -0.25) is 4.79 Å². The zero-order valence-electron chi connectivity index (χ0n) is 17.7. The lowest BCUT2D eigenvalue weighted by Crippen LogP contribution is -2.31. The van der Waals surface area contributed by atoms with Gasteiger partial charge >= 0.3 is 0 Å². The van der Waals surface area contributed by atoms with Crippen LogP contribution in [0.3, 0.4) is 0 Å². The van der Waals surface area contributed by atoms with Crippen molar-refractivity contribution in [2.75, 3.05) is 37.4 Å². The molecule has 1 unspecified atom stereocenters. The van der Waals surface area contributed by atoms with Crippen LogP contribution >= 0.6 is 23.4 Å². The maximum Gasteiger partial charge on any atom is 0.291 e. The molecule has 2 heterocycles. The molecular weight excluding hydrogens is 430 g/mol. The minimum Gasteiger partial charge on any atom is -0.455 e. The number of thioether (sulfide) groups is 1. The predicted molar refractivity (Wildman–Crippen MR) is 128 cm³/mol. The number of nitrogens with zero attached hydrogens (tertiary/aromatic N) is 2. The second kappa shape index (κ2) is 9.81. The lowest BCUT2D eigenvalue weighted by atomic mass is 10.2. The topological polar surface area (TPSA) is 48.7 Å². The summed E-state index contributed by atoms with van der Waals surface area (Å²) in [6, 6.07) is 19.8. The molecule has 7 heteroatoms.